The van der Waals surface area contributed by atoms with Crippen molar-refractivity contribution in [1.82, 2.24) is 5.32 Å². The van der Waals surface area contributed by atoms with Crippen LogP contribution in [0.1, 0.15) is 12.8 Å². The van der Waals surface area contributed by atoms with Gasteiger partial charge in [0.05, 0.1) is 13.5 Å². The van der Waals surface area contributed by atoms with Crippen molar-refractivity contribution >= 4 is 23.7 Å². The number of ether oxygens (including phenoxy) is 1. The molecular weight excluding hydrogens is 218 g/mol. The average Bonchev–Trinajstić information content (AvgIpc) is 2.22. The van der Waals surface area contributed by atoms with Gasteiger partial charge < -0.3 is 15.2 Å². The summed E-state index contributed by atoms with van der Waals surface area (Å²) in [6.45, 7) is 0.331. The van der Waals surface area contributed by atoms with Gasteiger partial charge in [-0.15, -0.1) is 0 Å². The van der Waals surface area contributed by atoms with Gasteiger partial charge in [-0.05, 0) is 18.4 Å². The van der Waals surface area contributed by atoms with E-state index in [4.69, 9.17) is 5.11 Å². The molecule has 0 aliphatic rings. The number of carbonyl (C=O) groups is 2. The first-order valence-electron chi connectivity index (χ1n) is 4.63. The molecule has 0 saturated carbocycles. The van der Waals surface area contributed by atoms with E-state index in [-0.39, 0.29) is 12.4 Å². The van der Waals surface area contributed by atoms with Crippen molar-refractivity contribution in [3.05, 3.63) is 0 Å². The van der Waals surface area contributed by atoms with Crippen LogP contribution in [0.5, 0.6) is 0 Å². The number of rotatable bonds is 8. The third kappa shape index (κ3) is 7.21. The van der Waals surface area contributed by atoms with E-state index in [1.807, 2.05) is 6.26 Å². The summed E-state index contributed by atoms with van der Waals surface area (Å²) in [5.74, 6) is -0.437. The summed E-state index contributed by atoms with van der Waals surface area (Å²) >= 11 is 1.60. The second-order valence-electron chi connectivity index (χ2n) is 2.95. The summed E-state index contributed by atoms with van der Waals surface area (Å²) in [6.07, 6.45) is 2.67. The lowest BCUT2D eigenvalue weighted by Crippen LogP contribution is -2.38. The number of methoxy groups -OCH3 is 1. The van der Waals surface area contributed by atoms with Crippen LogP contribution in [0.15, 0.2) is 0 Å². The Hall–Kier alpha value is -0.750. The summed E-state index contributed by atoms with van der Waals surface area (Å²) < 4.78 is 4.44. The van der Waals surface area contributed by atoms with Crippen molar-refractivity contribution in [2.75, 3.05) is 25.7 Å². The first-order chi connectivity index (χ1) is 7.11. The number of aliphatic carboxylic acids is 1. The molecule has 0 aromatic heterocycles. The van der Waals surface area contributed by atoms with Crippen molar-refractivity contribution in [2.45, 2.75) is 18.9 Å². The Morgan fingerprint density at radius 2 is 2.20 bits per heavy atom. The fourth-order valence-electron chi connectivity index (χ4n) is 0.999. The van der Waals surface area contributed by atoms with Crippen molar-refractivity contribution in [1.29, 1.82) is 0 Å². The molecule has 6 heteroatoms. The topological polar surface area (TPSA) is 75.6 Å². The number of carbonyl (C=O) groups excluding carboxylic acids is 1. The number of carboxylic acid groups (broad SMARTS) is 1. The molecule has 0 fully saturated rings. The Balaban J connectivity index is 3.75. The van der Waals surface area contributed by atoms with Crippen molar-refractivity contribution in [2.24, 2.45) is 0 Å². The van der Waals surface area contributed by atoms with E-state index in [0.29, 0.717) is 13.0 Å². The van der Waals surface area contributed by atoms with E-state index in [1.165, 1.54) is 7.11 Å². The minimum Gasteiger partial charge on any atom is -0.480 e. The normalized spacial score (nSPS) is 12.1. The maximum Gasteiger partial charge on any atom is 0.320 e. The number of carboxylic acids is 1. The van der Waals surface area contributed by atoms with Gasteiger partial charge in [0.2, 0.25) is 0 Å². The smallest absolute Gasteiger partial charge is 0.320 e. The van der Waals surface area contributed by atoms with Crippen molar-refractivity contribution in [3.63, 3.8) is 0 Å². The van der Waals surface area contributed by atoms with Crippen LogP contribution in [0, 0.1) is 0 Å². The Bertz CT molecular complexity index is 210. The SMILES string of the molecule is COC(=O)CCNC(CCSC)C(=O)O. The molecular formula is C9H17NO4S. The first-order valence-corrected chi connectivity index (χ1v) is 6.03. The molecule has 0 aromatic carbocycles. The number of nitrogens with one attached hydrogen (secondary N) is 1. The molecule has 0 aromatic rings. The zero-order chi connectivity index (χ0) is 11.7. The molecule has 0 aliphatic carbocycles. The fraction of sp³-hybridized carbons (Fsp3) is 0.778. The number of esters is 1. The van der Waals surface area contributed by atoms with Gasteiger partial charge in [0.15, 0.2) is 0 Å². The van der Waals surface area contributed by atoms with Gasteiger partial charge >= 0.3 is 11.9 Å². The summed E-state index contributed by atoms with van der Waals surface area (Å²) in [5.41, 5.74) is 0. The Labute approximate surface area is 93.6 Å². The summed E-state index contributed by atoms with van der Waals surface area (Å²) in [5, 5.41) is 11.6. The second-order valence-corrected chi connectivity index (χ2v) is 3.94. The molecule has 5 nitrogen and oxygen atoms in total. The highest BCUT2D eigenvalue weighted by atomic mass is 32.2. The standard InChI is InChI=1S/C9H17NO4S/c1-14-8(11)3-5-10-7(9(12)13)4-6-15-2/h7,10H,3-6H2,1-2H3,(H,12,13). The molecule has 0 saturated heterocycles. The zero-order valence-corrected chi connectivity index (χ0v) is 9.80. The van der Waals surface area contributed by atoms with Gasteiger partial charge in [-0.3, -0.25) is 9.59 Å². The first kappa shape index (κ1) is 14.2. The predicted octanol–water partition coefficient (Wildman–Crippen LogP) is 0.345. The van der Waals surface area contributed by atoms with Crippen LogP contribution in [-0.2, 0) is 14.3 Å². The van der Waals surface area contributed by atoms with Gasteiger partial charge in [-0.2, -0.15) is 11.8 Å². The maximum atomic E-state index is 10.8. The van der Waals surface area contributed by atoms with E-state index in [1.54, 1.807) is 11.8 Å². The lowest BCUT2D eigenvalue weighted by atomic mass is 10.2. The Kier molecular flexibility index (Phi) is 8.12. The minimum absolute atomic E-state index is 0.194. The van der Waals surface area contributed by atoms with E-state index >= 15 is 0 Å². The highest BCUT2D eigenvalue weighted by Crippen LogP contribution is 2.01. The monoisotopic (exact) mass is 235 g/mol. The van der Waals surface area contributed by atoms with Gasteiger partial charge in [0, 0.05) is 6.54 Å². The van der Waals surface area contributed by atoms with Gasteiger partial charge in [0.25, 0.3) is 0 Å². The lowest BCUT2D eigenvalue weighted by molar-refractivity contribution is -0.142. The molecule has 0 spiro atoms. The maximum absolute atomic E-state index is 10.8. The van der Waals surface area contributed by atoms with Crippen LogP contribution < -0.4 is 5.32 Å². The van der Waals surface area contributed by atoms with E-state index in [9.17, 15) is 9.59 Å². The number of hydrogen-bond acceptors (Lipinski definition) is 5. The molecule has 0 rings (SSSR count). The quantitative estimate of drug-likeness (QED) is 0.591. The Morgan fingerprint density at radius 1 is 1.53 bits per heavy atom. The molecule has 0 radical (unpaired) electrons. The second kappa shape index (κ2) is 8.55. The molecule has 88 valence electrons. The minimum atomic E-state index is -0.881. The third-order valence-electron chi connectivity index (χ3n) is 1.86. The zero-order valence-electron chi connectivity index (χ0n) is 8.99. The molecule has 1 unspecified atom stereocenters. The van der Waals surface area contributed by atoms with E-state index < -0.39 is 12.0 Å². The molecule has 0 aliphatic heterocycles. The summed E-state index contributed by atoms with van der Waals surface area (Å²) in [7, 11) is 1.31. The van der Waals surface area contributed by atoms with Crippen LogP contribution >= 0.6 is 11.8 Å². The van der Waals surface area contributed by atoms with Crippen LogP contribution in [0.2, 0.25) is 0 Å². The van der Waals surface area contributed by atoms with Crippen LogP contribution in [0.25, 0.3) is 0 Å². The van der Waals surface area contributed by atoms with Gasteiger partial charge in [0.1, 0.15) is 6.04 Å². The molecule has 0 amide bonds. The fourth-order valence-corrected chi connectivity index (χ4v) is 1.47. The lowest BCUT2D eigenvalue weighted by Gasteiger charge is -2.12. The van der Waals surface area contributed by atoms with Crippen LogP contribution in [0.3, 0.4) is 0 Å². The van der Waals surface area contributed by atoms with Crippen molar-refractivity contribution < 1.29 is 19.4 Å². The van der Waals surface area contributed by atoms with E-state index in [2.05, 4.69) is 10.1 Å². The van der Waals surface area contributed by atoms with Crippen LogP contribution in [0.4, 0.5) is 0 Å². The van der Waals surface area contributed by atoms with Crippen LogP contribution in [-0.4, -0.2) is 48.8 Å². The molecule has 0 bridgehead atoms. The van der Waals surface area contributed by atoms with Gasteiger partial charge in [-0.25, -0.2) is 0 Å². The summed E-state index contributed by atoms with van der Waals surface area (Å²) in [6, 6.07) is -0.581. The largest absolute Gasteiger partial charge is 0.480 e. The number of thioether (sulfide) groups is 1. The predicted molar refractivity (Wildman–Crippen MR) is 59.1 cm³/mol. The third-order valence-corrected chi connectivity index (χ3v) is 2.50. The molecule has 2 N–H and O–H groups in total. The summed E-state index contributed by atoms with van der Waals surface area (Å²) in [4.78, 5) is 21.5. The highest BCUT2D eigenvalue weighted by Gasteiger charge is 2.16. The van der Waals surface area contributed by atoms with Crippen molar-refractivity contribution in [3.8, 4) is 0 Å². The molecule has 15 heavy (non-hydrogen) atoms. The van der Waals surface area contributed by atoms with Gasteiger partial charge in [-0.1, -0.05) is 0 Å². The molecule has 1 atom stereocenters. The van der Waals surface area contributed by atoms with E-state index in [0.717, 1.165) is 5.75 Å². The average molecular weight is 235 g/mol. The molecule has 0 heterocycles. The highest BCUT2D eigenvalue weighted by molar-refractivity contribution is 7.98. The Morgan fingerprint density at radius 3 is 2.67 bits per heavy atom. The number of hydrogen-bond donors (Lipinski definition) is 2.